The summed E-state index contributed by atoms with van der Waals surface area (Å²) in [5, 5.41) is 3.42. The van der Waals surface area contributed by atoms with Gasteiger partial charge in [-0.15, -0.1) is 0 Å². The minimum atomic E-state index is -4.31. The number of nitrogens with zero attached hydrogens (tertiary/aromatic N) is 2. The molecule has 0 saturated heterocycles. The van der Waals surface area contributed by atoms with Crippen molar-refractivity contribution >= 4 is 39.1 Å². The number of halogens is 1. The van der Waals surface area contributed by atoms with Crippen LogP contribution in [0.1, 0.15) is 44.4 Å². The molecule has 0 aliphatic heterocycles. The second-order valence-corrected chi connectivity index (χ2v) is 14.6. The largest absolute Gasteiger partial charge is 0.492 e. The maximum atomic E-state index is 14.7. The highest BCUT2D eigenvalue weighted by Crippen LogP contribution is 2.33. The molecule has 8 nitrogen and oxygen atoms in total. The van der Waals surface area contributed by atoms with Gasteiger partial charge in [-0.25, -0.2) is 8.42 Å². The molecular weight excluding hydrogens is 634 g/mol. The van der Waals surface area contributed by atoms with Crippen molar-refractivity contribution in [3.8, 4) is 5.75 Å². The number of rotatable bonds is 13. The molecule has 0 aliphatic rings. The van der Waals surface area contributed by atoms with Crippen LogP contribution in [0.2, 0.25) is 5.02 Å². The summed E-state index contributed by atoms with van der Waals surface area (Å²) in [7, 11) is -4.31. The topological polar surface area (TPSA) is 96.0 Å². The molecule has 0 heterocycles. The normalized spacial score (nSPS) is 12.2. The van der Waals surface area contributed by atoms with Crippen LogP contribution < -0.4 is 14.4 Å². The number of hydrogen-bond acceptors (Lipinski definition) is 5. The summed E-state index contributed by atoms with van der Waals surface area (Å²) in [5.41, 5.74) is 2.28. The molecule has 0 saturated carbocycles. The number of hydrogen-bond donors (Lipinski definition) is 1. The predicted molar refractivity (Wildman–Crippen MR) is 187 cm³/mol. The van der Waals surface area contributed by atoms with Gasteiger partial charge in [0.1, 0.15) is 18.3 Å². The fraction of sp³-hybridized carbons (Fsp3) is 0.297. The van der Waals surface area contributed by atoms with Crippen LogP contribution in [-0.2, 0) is 32.6 Å². The number of para-hydroxylation sites is 2. The van der Waals surface area contributed by atoms with Gasteiger partial charge >= 0.3 is 0 Å². The molecule has 0 bridgehead atoms. The first kappa shape index (κ1) is 35.5. The number of amides is 2. The van der Waals surface area contributed by atoms with Gasteiger partial charge in [0.15, 0.2) is 0 Å². The third-order valence-electron chi connectivity index (χ3n) is 7.32. The van der Waals surface area contributed by atoms with Crippen molar-refractivity contribution in [2.75, 3.05) is 17.5 Å². The molecular formula is C37H42ClN3O5S. The van der Waals surface area contributed by atoms with E-state index < -0.39 is 34.1 Å². The number of carbonyl (C=O) groups excluding carboxylic acids is 2. The molecule has 1 unspecified atom stereocenters. The quantitative estimate of drug-likeness (QED) is 0.168. The standard InChI is InChI=1S/C37H42ClN3O5S/c1-6-46-34-18-11-10-17-32(34)41(47(44,45)31-21-19-30(38)20-22-31)26-35(42)40(25-29-16-12-13-27(2)23-29)33(36(43)39-37(3,4)5)24-28-14-8-7-9-15-28/h7-23,33H,6,24-26H2,1-5H3,(H,39,43). The Labute approximate surface area is 283 Å². The second kappa shape index (κ2) is 15.5. The number of benzene rings is 4. The lowest BCUT2D eigenvalue weighted by molar-refractivity contribution is -0.140. The van der Waals surface area contributed by atoms with E-state index in [2.05, 4.69) is 5.32 Å². The fourth-order valence-electron chi connectivity index (χ4n) is 5.20. The van der Waals surface area contributed by atoms with Crippen molar-refractivity contribution in [2.24, 2.45) is 0 Å². The lowest BCUT2D eigenvalue weighted by atomic mass is 10.0. The van der Waals surface area contributed by atoms with E-state index in [1.807, 2.05) is 82.3 Å². The third-order valence-corrected chi connectivity index (χ3v) is 9.34. The van der Waals surface area contributed by atoms with E-state index in [1.54, 1.807) is 31.2 Å². The predicted octanol–water partition coefficient (Wildman–Crippen LogP) is 6.80. The first-order valence-electron chi connectivity index (χ1n) is 15.5. The van der Waals surface area contributed by atoms with Gasteiger partial charge in [0.05, 0.1) is 17.2 Å². The summed E-state index contributed by atoms with van der Waals surface area (Å²) in [6, 6.07) is 28.7. The maximum absolute atomic E-state index is 14.7. The Morgan fingerprint density at radius 1 is 0.872 bits per heavy atom. The number of carbonyl (C=O) groups is 2. The smallest absolute Gasteiger partial charge is 0.264 e. The van der Waals surface area contributed by atoms with Crippen molar-refractivity contribution in [1.82, 2.24) is 10.2 Å². The van der Waals surface area contributed by atoms with Crippen LogP contribution in [0.4, 0.5) is 5.69 Å². The minimum absolute atomic E-state index is 0.0439. The Balaban J connectivity index is 1.85. The highest BCUT2D eigenvalue weighted by molar-refractivity contribution is 7.92. The lowest BCUT2D eigenvalue weighted by Crippen LogP contribution is -2.56. The molecule has 0 radical (unpaired) electrons. The zero-order valence-corrected chi connectivity index (χ0v) is 29.0. The molecule has 1 N–H and O–H groups in total. The van der Waals surface area contributed by atoms with Gasteiger partial charge in [0.2, 0.25) is 11.8 Å². The first-order chi connectivity index (χ1) is 22.3. The van der Waals surface area contributed by atoms with E-state index in [0.29, 0.717) is 10.8 Å². The molecule has 0 spiro atoms. The van der Waals surface area contributed by atoms with E-state index in [-0.39, 0.29) is 36.1 Å². The summed E-state index contributed by atoms with van der Waals surface area (Å²) < 4.78 is 35.5. The van der Waals surface area contributed by atoms with Crippen molar-refractivity contribution in [3.63, 3.8) is 0 Å². The van der Waals surface area contributed by atoms with Crippen LogP contribution in [0.3, 0.4) is 0 Å². The van der Waals surface area contributed by atoms with Gasteiger partial charge in [0.25, 0.3) is 10.0 Å². The monoisotopic (exact) mass is 675 g/mol. The minimum Gasteiger partial charge on any atom is -0.492 e. The van der Waals surface area contributed by atoms with E-state index >= 15 is 0 Å². The number of nitrogens with one attached hydrogen (secondary N) is 1. The molecule has 2 amide bonds. The average molecular weight is 676 g/mol. The molecule has 0 aliphatic carbocycles. The van der Waals surface area contributed by atoms with Crippen molar-refractivity contribution in [3.05, 3.63) is 125 Å². The molecule has 10 heteroatoms. The number of ether oxygens (including phenoxy) is 1. The molecule has 47 heavy (non-hydrogen) atoms. The maximum Gasteiger partial charge on any atom is 0.264 e. The molecule has 0 aromatic heterocycles. The number of aryl methyl sites for hydroxylation is 1. The van der Waals surface area contributed by atoms with Gasteiger partial charge in [0, 0.05) is 23.5 Å². The Hall–Kier alpha value is -4.34. The molecule has 1 atom stereocenters. The van der Waals surface area contributed by atoms with Crippen molar-refractivity contribution < 1.29 is 22.7 Å². The summed E-state index contributed by atoms with van der Waals surface area (Å²) in [4.78, 5) is 30.2. The zero-order valence-electron chi connectivity index (χ0n) is 27.4. The van der Waals surface area contributed by atoms with E-state index in [0.717, 1.165) is 21.0 Å². The van der Waals surface area contributed by atoms with Crippen LogP contribution in [0.5, 0.6) is 5.75 Å². The first-order valence-corrected chi connectivity index (χ1v) is 17.3. The summed E-state index contributed by atoms with van der Waals surface area (Å²) in [5.74, 6) is -0.596. The molecule has 4 aromatic carbocycles. The lowest BCUT2D eigenvalue weighted by Gasteiger charge is -2.35. The zero-order chi connectivity index (χ0) is 34.2. The van der Waals surface area contributed by atoms with Crippen LogP contribution in [-0.4, -0.2) is 49.9 Å². The summed E-state index contributed by atoms with van der Waals surface area (Å²) >= 11 is 6.09. The van der Waals surface area contributed by atoms with Gasteiger partial charge < -0.3 is 15.0 Å². The highest BCUT2D eigenvalue weighted by Gasteiger charge is 2.36. The van der Waals surface area contributed by atoms with E-state index in [9.17, 15) is 18.0 Å². The van der Waals surface area contributed by atoms with Gasteiger partial charge in [-0.2, -0.15) is 0 Å². The molecule has 0 fully saturated rings. The summed E-state index contributed by atoms with van der Waals surface area (Å²) in [6.45, 7) is 9.16. The SMILES string of the molecule is CCOc1ccccc1N(CC(=O)N(Cc1cccc(C)c1)C(Cc1ccccc1)C(=O)NC(C)(C)C)S(=O)(=O)c1ccc(Cl)cc1. The summed E-state index contributed by atoms with van der Waals surface area (Å²) in [6.07, 6.45) is 0.222. The van der Waals surface area contributed by atoms with Crippen LogP contribution >= 0.6 is 11.6 Å². The second-order valence-electron chi connectivity index (χ2n) is 12.3. The average Bonchev–Trinajstić information content (AvgIpc) is 3.02. The van der Waals surface area contributed by atoms with Crippen molar-refractivity contribution in [2.45, 2.75) is 64.1 Å². The number of anilines is 1. The fourth-order valence-corrected chi connectivity index (χ4v) is 6.75. The Morgan fingerprint density at radius 2 is 1.51 bits per heavy atom. The third kappa shape index (κ3) is 9.59. The molecule has 248 valence electrons. The van der Waals surface area contributed by atoms with Gasteiger partial charge in [-0.3, -0.25) is 13.9 Å². The Kier molecular flexibility index (Phi) is 11.7. The Bertz CT molecular complexity index is 1770. The van der Waals surface area contributed by atoms with Crippen LogP contribution in [0.15, 0.2) is 108 Å². The highest BCUT2D eigenvalue weighted by atomic mass is 35.5. The van der Waals surface area contributed by atoms with Gasteiger partial charge in [-0.05, 0) is 82.1 Å². The number of sulfonamides is 1. The Morgan fingerprint density at radius 3 is 2.15 bits per heavy atom. The van der Waals surface area contributed by atoms with E-state index in [1.165, 1.54) is 29.2 Å². The van der Waals surface area contributed by atoms with Crippen LogP contribution in [0, 0.1) is 6.92 Å². The van der Waals surface area contributed by atoms with Crippen molar-refractivity contribution in [1.29, 1.82) is 0 Å². The molecule has 4 rings (SSSR count). The molecule has 4 aromatic rings. The van der Waals surface area contributed by atoms with E-state index in [4.69, 9.17) is 16.3 Å². The van der Waals surface area contributed by atoms with Crippen LogP contribution in [0.25, 0.3) is 0 Å². The van der Waals surface area contributed by atoms with Gasteiger partial charge in [-0.1, -0.05) is 83.9 Å².